The van der Waals surface area contributed by atoms with Gasteiger partial charge in [0.15, 0.2) is 0 Å². The van der Waals surface area contributed by atoms with Crippen molar-refractivity contribution in [3.8, 4) is 5.75 Å². The molecule has 2 aromatic carbocycles. The van der Waals surface area contributed by atoms with Crippen molar-refractivity contribution in [2.24, 2.45) is 11.8 Å². The van der Waals surface area contributed by atoms with Gasteiger partial charge in [-0.25, -0.2) is 0 Å². The number of aliphatic hydroxyl groups excluding tert-OH is 1. The van der Waals surface area contributed by atoms with Crippen LogP contribution in [0.4, 0.5) is 26.3 Å². The summed E-state index contributed by atoms with van der Waals surface area (Å²) in [5.41, 5.74) is -1.47. The van der Waals surface area contributed by atoms with E-state index < -0.39 is 35.6 Å². The predicted octanol–water partition coefficient (Wildman–Crippen LogP) is 6.93. The molecule has 208 valence electrons. The molecule has 3 aromatic rings. The fraction of sp³-hybridized carbons (Fsp3) is 0.414. The number of aromatic nitrogens is 1. The minimum absolute atomic E-state index is 0.0457. The van der Waals surface area contributed by atoms with Gasteiger partial charge in [0.2, 0.25) is 0 Å². The van der Waals surface area contributed by atoms with Gasteiger partial charge in [0.05, 0.1) is 36.8 Å². The average Bonchev–Trinajstić information content (AvgIpc) is 2.90. The van der Waals surface area contributed by atoms with E-state index in [2.05, 4.69) is 11.6 Å². The van der Waals surface area contributed by atoms with Crippen LogP contribution in [0, 0.1) is 11.8 Å². The van der Waals surface area contributed by atoms with Gasteiger partial charge in [-0.15, -0.1) is 6.58 Å². The first-order valence-electron chi connectivity index (χ1n) is 12.7. The number of ether oxygens (including phenoxy) is 1. The topological polar surface area (TPSA) is 42.4 Å². The highest BCUT2D eigenvalue weighted by Crippen LogP contribution is 2.48. The lowest BCUT2D eigenvalue weighted by atomic mass is 9.71. The van der Waals surface area contributed by atoms with Gasteiger partial charge in [0.25, 0.3) is 0 Å². The maximum Gasteiger partial charge on any atom is 0.416 e. The largest absolute Gasteiger partial charge is 0.497 e. The number of hydrogen-bond donors (Lipinski definition) is 1. The Morgan fingerprint density at radius 3 is 2.38 bits per heavy atom. The van der Waals surface area contributed by atoms with Crippen LogP contribution in [0.2, 0.25) is 0 Å². The van der Waals surface area contributed by atoms with E-state index in [-0.39, 0.29) is 34.5 Å². The number of nitrogens with zero attached hydrogens (tertiary/aromatic N) is 2. The zero-order valence-electron chi connectivity index (χ0n) is 21.3. The summed E-state index contributed by atoms with van der Waals surface area (Å²) in [5, 5.41) is 12.5. The van der Waals surface area contributed by atoms with Crippen molar-refractivity contribution < 1.29 is 40.7 Å². The second-order valence-electron chi connectivity index (χ2n) is 10.7. The molecule has 2 bridgehead atoms. The van der Waals surface area contributed by atoms with E-state index in [1.807, 2.05) is 6.08 Å². The molecule has 5 atom stereocenters. The van der Waals surface area contributed by atoms with E-state index in [0.717, 1.165) is 18.6 Å². The van der Waals surface area contributed by atoms with Gasteiger partial charge in [-0.2, -0.15) is 26.3 Å². The van der Waals surface area contributed by atoms with Crippen LogP contribution in [-0.2, 0) is 18.9 Å². The van der Waals surface area contributed by atoms with E-state index >= 15 is 0 Å². The molecule has 1 N–H and O–H groups in total. The summed E-state index contributed by atoms with van der Waals surface area (Å²) in [7, 11) is 1.53. The average molecular weight is 552 g/mol. The van der Waals surface area contributed by atoms with Gasteiger partial charge >= 0.3 is 12.4 Å². The molecule has 6 rings (SSSR count). The third-order valence-electron chi connectivity index (χ3n) is 8.49. The van der Waals surface area contributed by atoms with Crippen LogP contribution in [0.3, 0.4) is 0 Å². The number of rotatable bonds is 6. The van der Waals surface area contributed by atoms with Gasteiger partial charge in [0.1, 0.15) is 24.4 Å². The minimum atomic E-state index is -4.93. The first-order chi connectivity index (χ1) is 18.3. The molecule has 3 saturated heterocycles. The lowest BCUT2D eigenvalue weighted by molar-refractivity contribution is -0.984. The highest BCUT2D eigenvalue weighted by molar-refractivity contribution is 5.83. The lowest BCUT2D eigenvalue weighted by Crippen LogP contribution is -2.67. The molecule has 3 fully saturated rings. The fourth-order valence-corrected chi connectivity index (χ4v) is 6.59. The Bertz CT molecular complexity index is 1360. The third kappa shape index (κ3) is 5.12. The number of aliphatic hydroxyl groups is 1. The molecule has 10 heteroatoms. The number of benzene rings is 2. The second-order valence-corrected chi connectivity index (χ2v) is 10.7. The van der Waals surface area contributed by atoms with Crippen molar-refractivity contribution in [1.82, 2.24) is 4.98 Å². The highest BCUT2D eigenvalue weighted by atomic mass is 19.4. The van der Waals surface area contributed by atoms with Crippen LogP contribution < -0.4 is 4.74 Å². The van der Waals surface area contributed by atoms with E-state index in [0.29, 0.717) is 41.7 Å². The zero-order valence-corrected chi connectivity index (χ0v) is 21.3. The summed E-state index contributed by atoms with van der Waals surface area (Å²) in [4.78, 5) is 4.37. The number of methoxy groups -OCH3 is 1. The van der Waals surface area contributed by atoms with E-state index in [1.54, 1.807) is 30.5 Å². The number of fused-ring (bicyclic) bond motifs is 4. The van der Waals surface area contributed by atoms with Crippen molar-refractivity contribution in [3.05, 3.63) is 83.6 Å². The summed E-state index contributed by atoms with van der Waals surface area (Å²) in [6.07, 6.45) is -6.16. The van der Waals surface area contributed by atoms with Gasteiger partial charge in [0, 0.05) is 35.9 Å². The van der Waals surface area contributed by atoms with Crippen molar-refractivity contribution in [2.75, 3.05) is 20.2 Å². The van der Waals surface area contributed by atoms with E-state index in [4.69, 9.17) is 4.74 Å². The third-order valence-corrected chi connectivity index (χ3v) is 8.49. The number of piperidine rings is 3. The lowest BCUT2D eigenvalue weighted by Gasteiger charge is -2.58. The van der Waals surface area contributed by atoms with Crippen LogP contribution >= 0.6 is 0 Å². The first-order valence-corrected chi connectivity index (χ1v) is 12.7. The molecule has 0 spiro atoms. The Balaban J connectivity index is 1.60. The first kappa shape index (κ1) is 27.5. The minimum Gasteiger partial charge on any atom is -0.497 e. The molecule has 0 saturated carbocycles. The summed E-state index contributed by atoms with van der Waals surface area (Å²) in [5.74, 6) is 0.843. The van der Waals surface area contributed by atoms with Crippen LogP contribution in [0.25, 0.3) is 10.9 Å². The molecule has 3 aliphatic rings. The quantitative estimate of drug-likeness (QED) is 0.205. The number of quaternary nitrogens is 1. The Hall–Kier alpha value is -3.11. The molecule has 0 amide bonds. The Labute approximate surface area is 222 Å². The summed E-state index contributed by atoms with van der Waals surface area (Å²) < 4.78 is 87.2. The van der Waals surface area contributed by atoms with Gasteiger partial charge < -0.3 is 14.3 Å². The van der Waals surface area contributed by atoms with Gasteiger partial charge in [-0.05, 0) is 53.9 Å². The van der Waals surface area contributed by atoms with Gasteiger partial charge in [-0.1, -0.05) is 6.08 Å². The predicted molar refractivity (Wildman–Crippen MR) is 134 cm³/mol. The monoisotopic (exact) mass is 551 g/mol. The maximum atomic E-state index is 13.6. The van der Waals surface area contributed by atoms with Gasteiger partial charge in [-0.3, -0.25) is 4.98 Å². The number of pyridine rings is 1. The zero-order chi connectivity index (χ0) is 28.2. The fourth-order valence-electron chi connectivity index (χ4n) is 6.59. The maximum absolute atomic E-state index is 13.6. The SMILES string of the molecule is C=C[C@H]1C[N@+]2(Cc3cc(C(F)(F)F)cc(C(F)(F)F)c3)CC[C@H]1C[C@@H]2[C@@H](O)c1ccnc2ccc(OC)cc12. The van der Waals surface area contributed by atoms with Crippen molar-refractivity contribution in [2.45, 2.75) is 43.9 Å². The molecule has 0 radical (unpaired) electrons. The molecule has 4 heterocycles. The molecule has 0 aliphatic carbocycles. The summed E-state index contributed by atoms with van der Waals surface area (Å²) in [6.45, 7) is 4.86. The number of hydrogen-bond acceptors (Lipinski definition) is 3. The molecule has 3 aliphatic heterocycles. The molecular weight excluding hydrogens is 522 g/mol. The van der Waals surface area contributed by atoms with Crippen LogP contribution in [0.15, 0.2) is 61.3 Å². The van der Waals surface area contributed by atoms with Crippen LogP contribution in [0.5, 0.6) is 5.75 Å². The molecular formula is C29H29F6N2O2+. The Kier molecular flexibility index (Phi) is 6.91. The second kappa shape index (κ2) is 9.82. The van der Waals surface area contributed by atoms with E-state index in [9.17, 15) is 31.4 Å². The van der Waals surface area contributed by atoms with Crippen LogP contribution in [-0.4, -0.2) is 40.8 Å². The van der Waals surface area contributed by atoms with Crippen molar-refractivity contribution in [3.63, 3.8) is 0 Å². The Morgan fingerprint density at radius 2 is 1.77 bits per heavy atom. The normalized spacial score (nSPS) is 26.0. The van der Waals surface area contributed by atoms with Crippen molar-refractivity contribution in [1.29, 1.82) is 0 Å². The van der Waals surface area contributed by atoms with Crippen LogP contribution in [0.1, 0.15) is 41.2 Å². The standard InChI is InChI=1S/C29H29F6N2O2/c1-3-18-16-37(15-17-10-20(28(30,31)32)13-21(11-17)29(33,34)35)9-7-19(18)12-26(37)27(38)23-6-8-36-25-5-4-22(39-2)14-24(23)25/h3-6,8,10-11,13-14,18-19,26-27,38H,1,7,9,12,15-16H2,2H3/q+1/t18-,19-,26+,27-,37+/m0/s1. The molecule has 39 heavy (non-hydrogen) atoms. The molecule has 1 aromatic heterocycles. The number of alkyl halides is 6. The number of halogens is 6. The Morgan fingerprint density at radius 1 is 1.08 bits per heavy atom. The molecule has 0 unspecified atom stereocenters. The van der Waals surface area contributed by atoms with E-state index in [1.165, 1.54) is 7.11 Å². The highest BCUT2D eigenvalue weighted by Gasteiger charge is 2.54. The molecule has 4 nitrogen and oxygen atoms in total. The summed E-state index contributed by atoms with van der Waals surface area (Å²) in [6, 6.07) is 8.34. The van der Waals surface area contributed by atoms with Crippen molar-refractivity contribution >= 4 is 10.9 Å². The summed E-state index contributed by atoms with van der Waals surface area (Å²) >= 11 is 0. The smallest absolute Gasteiger partial charge is 0.416 e.